The number of rotatable bonds is 6. The van der Waals surface area contributed by atoms with Gasteiger partial charge in [-0.15, -0.1) is 0 Å². The van der Waals surface area contributed by atoms with Crippen molar-refractivity contribution in [3.63, 3.8) is 0 Å². The highest BCUT2D eigenvalue weighted by molar-refractivity contribution is 6.13. The molecule has 0 saturated carbocycles. The van der Waals surface area contributed by atoms with Gasteiger partial charge in [0.2, 0.25) is 0 Å². The molecule has 0 saturated heterocycles. The molecule has 2 heteroatoms. The number of hydrogen-bond acceptors (Lipinski definition) is 2. The highest BCUT2D eigenvalue weighted by Gasteiger charge is 2.26. The molecule has 0 unspecified atom stereocenters. The lowest BCUT2D eigenvalue weighted by molar-refractivity contribution is 0.568. The van der Waals surface area contributed by atoms with Crippen molar-refractivity contribution in [3.05, 3.63) is 200 Å². The SMILES string of the molecule is CC(C)(C)c1c(-c2cccc(N(c3ccc(-c4ccc5ccccc5c4)cc3)c3ccc(-c4cc5ccccc5c5ccccc45)cc3)c2)oc2ccccc12. The molecule has 0 aliphatic carbocycles. The largest absolute Gasteiger partial charge is 0.456 e. The summed E-state index contributed by atoms with van der Waals surface area (Å²) in [6.07, 6.45) is 0. The maximum absolute atomic E-state index is 6.67. The lowest BCUT2D eigenvalue weighted by Crippen LogP contribution is -2.12. The van der Waals surface area contributed by atoms with Crippen LogP contribution >= 0.6 is 0 Å². The van der Waals surface area contributed by atoms with E-state index in [0.29, 0.717) is 0 Å². The lowest BCUT2D eigenvalue weighted by Gasteiger charge is -2.27. The Kier molecular flexibility index (Phi) is 8.08. The van der Waals surface area contributed by atoms with E-state index in [-0.39, 0.29) is 5.41 Å². The van der Waals surface area contributed by atoms with E-state index in [1.54, 1.807) is 0 Å². The summed E-state index contributed by atoms with van der Waals surface area (Å²) in [5.74, 6) is 0.922. The van der Waals surface area contributed by atoms with Crippen LogP contribution in [0.25, 0.3) is 76.9 Å². The fourth-order valence-electron chi connectivity index (χ4n) is 8.48. The molecule has 10 rings (SSSR count). The first-order chi connectivity index (χ1) is 27.4. The van der Waals surface area contributed by atoms with Gasteiger partial charge in [0.25, 0.3) is 0 Å². The molecule has 1 heterocycles. The average Bonchev–Trinajstić information content (AvgIpc) is 3.65. The van der Waals surface area contributed by atoms with Gasteiger partial charge in [0, 0.05) is 33.6 Å². The number of furan rings is 1. The second-order valence-electron chi connectivity index (χ2n) is 15.8. The van der Waals surface area contributed by atoms with Crippen molar-refractivity contribution in [3.8, 4) is 33.6 Å². The highest BCUT2D eigenvalue weighted by atomic mass is 16.3. The summed E-state index contributed by atoms with van der Waals surface area (Å²) in [6, 6.07) is 70.2. The van der Waals surface area contributed by atoms with Crippen molar-refractivity contribution < 1.29 is 4.42 Å². The third-order valence-electron chi connectivity index (χ3n) is 11.1. The zero-order valence-electron chi connectivity index (χ0n) is 31.8. The second kappa shape index (κ2) is 13.4. The maximum Gasteiger partial charge on any atom is 0.139 e. The van der Waals surface area contributed by atoms with E-state index in [2.05, 4.69) is 214 Å². The molecule has 56 heavy (non-hydrogen) atoms. The standard InChI is InChI=1S/C54H41NO/c1-54(2,3)52-49-21-10-11-22-51(49)56-53(52)42-16-12-17-45(34-42)55(43-29-25-37(26-30-43)40-24-23-36-13-4-5-14-39(36)33-40)44-31-27-38(28-32-44)50-35-41-15-6-7-18-46(41)47-19-8-9-20-48(47)50/h4-35H,1-3H3. The van der Waals surface area contributed by atoms with E-state index in [1.165, 1.54) is 65.5 Å². The Morgan fingerprint density at radius 3 is 1.70 bits per heavy atom. The van der Waals surface area contributed by atoms with Gasteiger partial charge in [-0.3, -0.25) is 0 Å². The molecule has 0 aliphatic rings. The minimum absolute atomic E-state index is 0.112. The van der Waals surface area contributed by atoms with Gasteiger partial charge in [-0.2, -0.15) is 0 Å². The molecule has 268 valence electrons. The monoisotopic (exact) mass is 719 g/mol. The minimum Gasteiger partial charge on any atom is -0.456 e. The normalized spacial score (nSPS) is 11.8. The van der Waals surface area contributed by atoms with Gasteiger partial charge < -0.3 is 9.32 Å². The number of benzene rings is 9. The van der Waals surface area contributed by atoms with Gasteiger partial charge in [0.15, 0.2) is 0 Å². The Hall–Kier alpha value is -6.90. The fourth-order valence-corrected chi connectivity index (χ4v) is 8.48. The van der Waals surface area contributed by atoms with E-state index in [4.69, 9.17) is 4.42 Å². The van der Waals surface area contributed by atoms with Crippen LogP contribution in [0, 0.1) is 0 Å². The first-order valence-corrected chi connectivity index (χ1v) is 19.4. The third kappa shape index (κ3) is 5.91. The van der Waals surface area contributed by atoms with Crippen molar-refractivity contribution in [2.45, 2.75) is 26.2 Å². The molecule has 0 bridgehead atoms. The molecule has 2 nitrogen and oxygen atoms in total. The van der Waals surface area contributed by atoms with E-state index in [9.17, 15) is 0 Å². The van der Waals surface area contributed by atoms with Crippen LogP contribution in [-0.4, -0.2) is 0 Å². The molecule has 1 aromatic heterocycles. The summed E-state index contributed by atoms with van der Waals surface area (Å²) < 4.78 is 6.67. The number of nitrogens with zero attached hydrogens (tertiary/aromatic N) is 1. The van der Waals surface area contributed by atoms with Crippen molar-refractivity contribution >= 4 is 60.3 Å². The zero-order chi connectivity index (χ0) is 37.8. The number of hydrogen-bond donors (Lipinski definition) is 0. The Bertz CT molecular complexity index is 3050. The van der Waals surface area contributed by atoms with Crippen LogP contribution in [0.5, 0.6) is 0 Å². The average molecular weight is 720 g/mol. The van der Waals surface area contributed by atoms with Gasteiger partial charge in [-0.25, -0.2) is 0 Å². The van der Waals surface area contributed by atoms with Crippen LogP contribution in [0.4, 0.5) is 17.1 Å². The Morgan fingerprint density at radius 1 is 0.375 bits per heavy atom. The molecule has 0 spiro atoms. The number of para-hydroxylation sites is 1. The lowest BCUT2D eigenvalue weighted by atomic mass is 9.83. The second-order valence-corrected chi connectivity index (χ2v) is 15.8. The van der Waals surface area contributed by atoms with Gasteiger partial charge in [0.1, 0.15) is 11.3 Å². The van der Waals surface area contributed by atoms with Crippen molar-refractivity contribution in [2.75, 3.05) is 4.90 Å². The van der Waals surface area contributed by atoms with Gasteiger partial charge in [-0.05, 0) is 115 Å². The molecule has 9 aromatic carbocycles. The number of anilines is 3. The Morgan fingerprint density at radius 2 is 0.964 bits per heavy atom. The van der Waals surface area contributed by atoms with E-state index in [0.717, 1.165) is 34.0 Å². The molecule has 0 fully saturated rings. The van der Waals surface area contributed by atoms with E-state index >= 15 is 0 Å². The van der Waals surface area contributed by atoms with Gasteiger partial charge in [-0.1, -0.05) is 160 Å². The first kappa shape index (κ1) is 33.7. The summed E-state index contributed by atoms with van der Waals surface area (Å²) >= 11 is 0. The molecular formula is C54H41NO. The van der Waals surface area contributed by atoms with Gasteiger partial charge >= 0.3 is 0 Å². The minimum atomic E-state index is -0.112. The van der Waals surface area contributed by atoms with Crippen LogP contribution in [-0.2, 0) is 5.41 Å². The molecule has 0 N–H and O–H groups in total. The summed E-state index contributed by atoms with van der Waals surface area (Å²) in [6.45, 7) is 6.80. The predicted octanol–water partition coefficient (Wildman–Crippen LogP) is 15.7. The number of fused-ring (bicyclic) bond motifs is 5. The summed E-state index contributed by atoms with van der Waals surface area (Å²) in [4.78, 5) is 2.36. The smallest absolute Gasteiger partial charge is 0.139 e. The molecule has 0 atom stereocenters. The van der Waals surface area contributed by atoms with Crippen molar-refractivity contribution in [1.82, 2.24) is 0 Å². The van der Waals surface area contributed by atoms with Gasteiger partial charge in [0.05, 0.1) is 0 Å². The van der Waals surface area contributed by atoms with E-state index in [1.807, 2.05) is 6.07 Å². The molecular weight excluding hydrogens is 679 g/mol. The van der Waals surface area contributed by atoms with Crippen LogP contribution in [0.15, 0.2) is 199 Å². The van der Waals surface area contributed by atoms with Crippen LogP contribution in [0.3, 0.4) is 0 Å². The molecule has 0 radical (unpaired) electrons. The summed E-state index contributed by atoms with van der Waals surface area (Å²) in [5, 5.41) is 8.71. The van der Waals surface area contributed by atoms with Crippen LogP contribution in [0.1, 0.15) is 26.3 Å². The summed E-state index contributed by atoms with van der Waals surface area (Å²) in [7, 11) is 0. The molecule has 0 amide bonds. The first-order valence-electron chi connectivity index (χ1n) is 19.4. The third-order valence-corrected chi connectivity index (χ3v) is 11.1. The van der Waals surface area contributed by atoms with Crippen molar-refractivity contribution in [1.29, 1.82) is 0 Å². The predicted molar refractivity (Wildman–Crippen MR) is 238 cm³/mol. The Balaban J connectivity index is 1.10. The topological polar surface area (TPSA) is 16.4 Å². The van der Waals surface area contributed by atoms with Crippen molar-refractivity contribution in [2.24, 2.45) is 0 Å². The zero-order valence-corrected chi connectivity index (χ0v) is 31.8. The van der Waals surface area contributed by atoms with Crippen LogP contribution < -0.4 is 4.90 Å². The maximum atomic E-state index is 6.67. The van der Waals surface area contributed by atoms with Crippen LogP contribution in [0.2, 0.25) is 0 Å². The Labute approximate surface area is 327 Å². The molecule has 10 aromatic rings. The summed E-state index contributed by atoms with van der Waals surface area (Å²) in [5.41, 5.74) is 11.1. The quantitative estimate of drug-likeness (QED) is 0.159. The molecule has 0 aliphatic heterocycles. The van der Waals surface area contributed by atoms with E-state index < -0.39 is 0 Å². The highest BCUT2D eigenvalue weighted by Crippen LogP contribution is 2.44. The fraction of sp³-hybridized carbons (Fsp3) is 0.0741.